The maximum Gasteiger partial charge on any atom is 0.319 e. The molecule has 13 heavy (non-hydrogen) atoms. The number of hydrogen-bond acceptors (Lipinski definition) is 3. The van der Waals surface area contributed by atoms with Crippen molar-refractivity contribution in [2.75, 3.05) is 13.1 Å². The molecule has 0 spiro atoms. The number of carbonyl (C=O) groups is 2. The predicted octanol–water partition coefficient (Wildman–Crippen LogP) is -0.867. The summed E-state index contributed by atoms with van der Waals surface area (Å²) in [6.07, 6.45) is 1.43. The first kappa shape index (κ1) is 9.70. The third kappa shape index (κ3) is 1.68. The minimum Gasteiger partial charge on any atom is -0.330 e. The van der Waals surface area contributed by atoms with E-state index < -0.39 is 11.8 Å². The standard InChI is InChI=1S/C8H11N2O3/c1-6(2)10-4-3-9(5-11)7(12)8(10)13/h6H,3-4H2,1-2H3. The number of carbonyl (C=O) groups excluding carboxylic acids is 3. The van der Waals surface area contributed by atoms with Gasteiger partial charge in [-0.05, 0) is 13.8 Å². The number of nitrogens with zero attached hydrogens (tertiary/aromatic N) is 2. The smallest absolute Gasteiger partial charge is 0.319 e. The van der Waals surface area contributed by atoms with Crippen LogP contribution in [0.3, 0.4) is 0 Å². The average molecular weight is 183 g/mol. The number of amides is 3. The molecule has 5 heteroatoms. The monoisotopic (exact) mass is 183 g/mol. The zero-order chi connectivity index (χ0) is 10.0. The Kier molecular flexibility index (Phi) is 2.65. The summed E-state index contributed by atoms with van der Waals surface area (Å²) in [4.78, 5) is 34.9. The normalized spacial score (nSPS) is 18.4. The summed E-state index contributed by atoms with van der Waals surface area (Å²) in [6, 6.07) is -0.00903. The zero-order valence-corrected chi connectivity index (χ0v) is 7.61. The van der Waals surface area contributed by atoms with Gasteiger partial charge in [-0.1, -0.05) is 0 Å². The summed E-state index contributed by atoms with van der Waals surface area (Å²) >= 11 is 0. The maximum absolute atomic E-state index is 11.3. The van der Waals surface area contributed by atoms with Gasteiger partial charge in [-0.15, -0.1) is 0 Å². The molecule has 1 heterocycles. The van der Waals surface area contributed by atoms with Gasteiger partial charge in [-0.25, -0.2) is 0 Å². The van der Waals surface area contributed by atoms with Gasteiger partial charge in [-0.3, -0.25) is 19.3 Å². The number of hydrogen-bond donors (Lipinski definition) is 0. The Morgan fingerprint density at radius 2 is 1.85 bits per heavy atom. The molecule has 1 saturated heterocycles. The van der Waals surface area contributed by atoms with Gasteiger partial charge in [0, 0.05) is 19.1 Å². The molecular formula is C8H11N2O3. The Hall–Kier alpha value is -1.39. The first-order valence-corrected chi connectivity index (χ1v) is 4.08. The van der Waals surface area contributed by atoms with Crippen molar-refractivity contribution in [1.29, 1.82) is 0 Å². The Bertz CT molecular complexity index is 250. The van der Waals surface area contributed by atoms with Crippen LogP contribution >= 0.6 is 0 Å². The molecule has 3 amide bonds. The summed E-state index contributed by atoms with van der Waals surface area (Å²) in [5.74, 6) is -1.40. The van der Waals surface area contributed by atoms with Crippen LogP contribution in [0, 0.1) is 0 Å². The lowest BCUT2D eigenvalue weighted by atomic mass is 10.2. The minimum absolute atomic E-state index is 0.00903. The van der Waals surface area contributed by atoms with E-state index in [4.69, 9.17) is 0 Å². The number of piperazine rings is 1. The van der Waals surface area contributed by atoms with Crippen LogP contribution in [0.25, 0.3) is 0 Å². The molecule has 0 aliphatic carbocycles. The summed E-state index contributed by atoms with van der Waals surface area (Å²) in [7, 11) is 0. The van der Waals surface area contributed by atoms with Crippen LogP contribution in [0.2, 0.25) is 0 Å². The van der Waals surface area contributed by atoms with Crippen LogP contribution in [0.1, 0.15) is 13.8 Å². The largest absolute Gasteiger partial charge is 0.330 e. The molecular weight excluding hydrogens is 172 g/mol. The Morgan fingerprint density at radius 1 is 1.23 bits per heavy atom. The Labute approximate surface area is 76.3 Å². The van der Waals surface area contributed by atoms with Crippen molar-refractivity contribution in [1.82, 2.24) is 9.80 Å². The lowest BCUT2D eigenvalue weighted by molar-refractivity contribution is -0.154. The highest BCUT2D eigenvalue weighted by Gasteiger charge is 2.33. The van der Waals surface area contributed by atoms with E-state index in [1.807, 2.05) is 13.8 Å². The molecule has 0 saturated carbocycles. The second-order valence-electron chi connectivity index (χ2n) is 3.14. The fourth-order valence-electron chi connectivity index (χ4n) is 1.23. The van der Waals surface area contributed by atoms with E-state index in [2.05, 4.69) is 0 Å². The molecule has 0 aromatic heterocycles. The van der Waals surface area contributed by atoms with Gasteiger partial charge in [0.25, 0.3) is 0 Å². The van der Waals surface area contributed by atoms with Crippen LogP contribution in [-0.4, -0.2) is 47.2 Å². The van der Waals surface area contributed by atoms with E-state index in [9.17, 15) is 14.4 Å². The lowest BCUT2D eigenvalue weighted by Gasteiger charge is -2.32. The molecule has 1 aliphatic heterocycles. The van der Waals surface area contributed by atoms with Crippen LogP contribution in [-0.2, 0) is 14.4 Å². The number of imide groups is 1. The van der Waals surface area contributed by atoms with Crippen molar-refractivity contribution in [2.24, 2.45) is 0 Å². The second kappa shape index (κ2) is 3.55. The fourth-order valence-corrected chi connectivity index (χ4v) is 1.23. The van der Waals surface area contributed by atoms with Crippen molar-refractivity contribution in [3.8, 4) is 0 Å². The summed E-state index contributed by atoms with van der Waals surface area (Å²) in [5, 5.41) is 0. The van der Waals surface area contributed by atoms with Crippen molar-refractivity contribution < 1.29 is 14.4 Å². The quantitative estimate of drug-likeness (QED) is 0.523. The molecule has 1 rings (SSSR count). The molecule has 71 valence electrons. The molecule has 5 nitrogen and oxygen atoms in total. The van der Waals surface area contributed by atoms with Crippen LogP contribution in [0.5, 0.6) is 0 Å². The average Bonchev–Trinajstić information content (AvgIpc) is 2.09. The Balaban J connectivity index is 2.76. The third-order valence-electron chi connectivity index (χ3n) is 1.99. The second-order valence-corrected chi connectivity index (χ2v) is 3.14. The SMILES string of the molecule is CC(C)N1CCN([C]=O)C(=O)C1=O. The van der Waals surface area contributed by atoms with Gasteiger partial charge in [-0.2, -0.15) is 0 Å². The predicted molar refractivity (Wildman–Crippen MR) is 44.3 cm³/mol. The minimum atomic E-state index is -0.782. The lowest BCUT2D eigenvalue weighted by Crippen LogP contribution is -2.55. The first-order valence-electron chi connectivity index (χ1n) is 4.08. The van der Waals surface area contributed by atoms with Crippen molar-refractivity contribution in [3.63, 3.8) is 0 Å². The molecule has 0 aromatic rings. The third-order valence-corrected chi connectivity index (χ3v) is 1.99. The summed E-state index contributed by atoms with van der Waals surface area (Å²) in [6.45, 7) is 4.29. The van der Waals surface area contributed by atoms with Crippen molar-refractivity contribution >= 4 is 18.2 Å². The number of rotatable bonds is 2. The van der Waals surface area contributed by atoms with Crippen molar-refractivity contribution in [2.45, 2.75) is 19.9 Å². The van der Waals surface area contributed by atoms with E-state index in [1.54, 1.807) is 0 Å². The molecule has 1 aliphatic rings. The molecule has 0 unspecified atom stereocenters. The topological polar surface area (TPSA) is 57.7 Å². The van der Waals surface area contributed by atoms with Gasteiger partial charge < -0.3 is 4.90 Å². The van der Waals surface area contributed by atoms with E-state index >= 15 is 0 Å². The highest BCUT2D eigenvalue weighted by atomic mass is 16.2. The molecule has 0 atom stereocenters. The molecule has 0 aromatic carbocycles. The first-order chi connectivity index (χ1) is 6.07. The highest BCUT2D eigenvalue weighted by molar-refractivity contribution is 6.37. The molecule has 0 N–H and O–H groups in total. The maximum atomic E-state index is 11.3. The van der Waals surface area contributed by atoms with Gasteiger partial charge in [0.2, 0.25) is 0 Å². The summed E-state index contributed by atoms with van der Waals surface area (Å²) in [5.41, 5.74) is 0. The summed E-state index contributed by atoms with van der Waals surface area (Å²) < 4.78 is 0. The van der Waals surface area contributed by atoms with E-state index in [1.165, 1.54) is 11.3 Å². The van der Waals surface area contributed by atoms with Crippen LogP contribution in [0.4, 0.5) is 0 Å². The van der Waals surface area contributed by atoms with Crippen molar-refractivity contribution in [3.05, 3.63) is 0 Å². The molecule has 1 radical (unpaired) electrons. The molecule has 1 fully saturated rings. The van der Waals surface area contributed by atoms with Gasteiger partial charge in [0.05, 0.1) is 0 Å². The highest BCUT2D eigenvalue weighted by Crippen LogP contribution is 2.06. The van der Waals surface area contributed by atoms with E-state index in [0.717, 1.165) is 4.90 Å². The van der Waals surface area contributed by atoms with E-state index in [0.29, 0.717) is 6.54 Å². The van der Waals surface area contributed by atoms with Gasteiger partial charge in [0.15, 0.2) is 0 Å². The molecule has 0 bridgehead atoms. The van der Waals surface area contributed by atoms with Crippen LogP contribution in [0.15, 0.2) is 0 Å². The van der Waals surface area contributed by atoms with Gasteiger partial charge >= 0.3 is 18.2 Å². The fraction of sp³-hybridized carbons (Fsp3) is 0.625. The zero-order valence-electron chi connectivity index (χ0n) is 7.61. The Morgan fingerprint density at radius 3 is 2.31 bits per heavy atom. The van der Waals surface area contributed by atoms with Gasteiger partial charge in [0.1, 0.15) is 0 Å². The van der Waals surface area contributed by atoms with Crippen LogP contribution < -0.4 is 0 Å². The van der Waals surface area contributed by atoms with E-state index in [-0.39, 0.29) is 12.6 Å².